The van der Waals surface area contributed by atoms with Gasteiger partial charge in [0.15, 0.2) is 0 Å². The number of fused-ring (bicyclic) bond motifs is 3. The Morgan fingerprint density at radius 1 is 1.25 bits per heavy atom. The van der Waals surface area contributed by atoms with Crippen LogP contribution >= 0.6 is 27.3 Å². The summed E-state index contributed by atoms with van der Waals surface area (Å²) in [6.07, 6.45) is 0.789. The normalized spacial score (nSPS) is 20.3. The lowest BCUT2D eigenvalue weighted by atomic mass is 9.99. The van der Waals surface area contributed by atoms with E-state index >= 15 is 0 Å². The number of nitrogens with zero attached hydrogens (tertiary/aromatic N) is 1. The van der Waals surface area contributed by atoms with E-state index in [0.717, 1.165) is 40.1 Å². The van der Waals surface area contributed by atoms with Crippen LogP contribution in [0.2, 0.25) is 0 Å². The summed E-state index contributed by atoms with van der Waals surface area (Å²) in [6, 6.07) is 8.59. The lowest BCUT2D eigenvalue weighted by Crippen LogP contribution is -2.39. The highest BCUT2D eigenvalue weighted by Crippen LogP contribution is 2.41. The molecule has 1 atom stereocenters. The molecule has 0 aliphatic carbocycles. The molecule has 0 bridgehead atoms. The molecule has 2 N–H and O–H groups in total. The van der Waals surface area contributed by atoms with Crippen LogP contribution in [0.3, 0.4) is 0 Å². The molecule has 1 amide bonds. The van der Waals surface area contributed by atoms with Crippen molar-refractivity contribution >= 4 is 38.2 Å². The average Bonchev–Trinajstić information content (AvgIpc) is 2.93. The number of thiophene rings is 1. The summed E-state index contributed by atoms with van der Waals surface area (Å²) in [4.78, 5) is 16.5. The third-order valence-corrected chi connectivity index (χ3v) is 6.47. The number of hydrogen-bond acceptors (Lipinski definition) is 4. The van der Waals surface area contributed by atoms with Gasteiger partial charge in [0.25, 0.3) is 5.91 Å². The Morgan fingerprint density at radius 2 is 2.00 bits per heavy atom. The van der Waals surface area contributed by atoms with E-state index in [1.165, 1.54) is 10.4 Å². The fourth-order valence-corrected chi connectivity index (χ4v) is 4.96. The number of halogens is 1. The topological polar surface area (TPSA) is 44.4 Å². The minimum Gasteiger partial charge on any atom is -0.353 e. The van der Waals surface area contributed by atoms with Crippen molar-refractivity contribution < 1.29 is 4.79 Å². The number of rotatable bonds is 2. The van der Waals surface area contributed by atoms with E-state index in [2.05, 4.69) is 45.3 Å². The number of anilines is 1. The van der Waals surface area contributed by atoms with Gasteiger partial charge in [0, 0.05) is 28.5 Å². The molecule has 126 valence electrons. The van der Waals surface area contributed by atoms with Crippen LogP contribution < -0.4 is 10.6 Å². The van der Waals surface area contributed by atoms with Gasteiger partial charge in [-0.15, -0.1) is 11.3 Å². The third kappa shape index (κ3) is 2.76. The van der Waals surface area contributed by atoms with E-state index in [1.54, 1.807) is 11.3 Å². The predicted molar refractivity (Wildman–Crippen MR) is 102 cm³/mol. The molecule has 0 unspecified atom stereocenters. The standard InChI is InChI=1S/C18H20BrN3OS/c1-10(2)22-8-7-13-14(9-22)24-18-15(13)17(23)20-16(21-18)11-3-5-12(19)6-4-11/h3-6,10,16,21H,7-9H2,1-2H3,(H,20,23)/t16-/m0/s1. The Labute approximate surface area is 154 Å². The minimum atomic E-state index is -0.167. The molecule has 1 aromatic carbocycles. The molecule has 0 saturated carbocycles. The number of nitrogens with one attached hydrogen (secondary N) is 2. The minimum absolute atomic E-state index is 0.0483. The Hall–Kier alpha value is -1.37. The molecule has 2 aliphatic rings. The number of carbonyl (C=O) groups is 1. The molecule has 4 nitrogen and oxygen atoms in total. The van der Waals surface area contributed by atoms with Crippen molar-refractivity contribution in [1.82, 2.24) is 10.2 Å². The largest absolute Gasteiger partial charge is 0.353 e. The van der Waals surface area contributed by atoms with Crippen molar-refractivity contribution in [3.63, 3.8) is 0 Å². The van der Waals surface area contributed by atoms with Crippen LogP contribution in [-0.2, 0) is 13.0 Å². The number of carbonyl (C=O) groups excluding carboxylic acids is 1. The summed E-state index contributed by atoms with van der Waals surface area (Å²) in [5.41, 5.74) is 3.17. The van der Waals surface area contributed by atoms with Crippen molar-refractivity contribution in [3.05, 3.63) is 50.3 Å². The molecule has 3 heterocycles. The van der Waals surface area contributed by atoms with Crippen LogP contribution in [0.1, 0.15) is 46.4 Å². The van der Waals surface area contributed by atoms with Gasteiger partial charge in [0.1, 0.15) is 11.2 Å². The van der Waals surface area contributed by atoms with E-state index < -0.39 is 0 Å². The second-order valence-electron chi connectivity index (χ2n) is 6.62. The van der Waals surface area contributed by atoms with E-state index in [-0.39, 0.29) is 12.1 Å². The predicted octanol–water partition coefficient (Wildman–Crippen LogP) is 4.13. The zero-order valence-electron chi connectivity index (χ0n) is 13.7. The van der Waals surface area contributed by atoms with E-state index in [9.17, 15) is 4.79 Å². The molecule has 2 aromatic rings. The van der Waals surface area contributed by atoms with Gasteiger partial charge in [-0.25, -0.2) is 0 Å². The Kier molecular flexibility index (Phi) is 4.14. The highest BCUT2D eigenvalue weighted by atomic mass is 79.9. The highest BCUT2D eigenvalue weighted by Gasteiger charge is 2.33. The Balaban J connectivity index is 1.65. The zero-order valence-corrected chi connectivity index (χ0v) is 16.1. The molecule has 0 radical (unpaired) electrons. The van der Waals surface area contributed by atoms with E-state index in [4.69, 9.17) is 0 Å². The van der Waals surface area contributed by atoms with Crippen molar-refractivity contribution in [3.8, 4) is 0 Å². The summed E-state index contributed by atoms with van der Waals surface area (Å²) in [6.45, 7) is 6.43. The second kappa shape index (κ2) is 6.17. The number of benzene rings is 1. The molecule has 4 rings (SSSR count). The van der Waals surface area contributed by atoms with Gasteiger partial charge >= 0.3 is 0 Å². The molecular formula is C18H20BrN3OS. The number of amides is 1. The summed E-state index contributed by atoms with van der Waals surface area (Å²) >= 11 is 5.19. The average molecular weight is 406 g/mol. The SMILES string of the molecule is CC(C)N1CCc2c(sc3c2C(=O)N[C@H](c2ccc(Br)cc2)N3)C1. The molecule has 0 spiro atoms. The van der Waals surface area contributed by atoms with E-state index in [0.29, 0.717) is 6.04 Å². The summed E-state index contributed by atoms with van der Waals surface area (Å²) in [7, 11) is 0. The molecular weight excluding hydrogens is 386 g/mol. The smallest absolute Gasteiger partial charge is 0.256 e. The lowest BCUT2D eigenvalue weighted by molar-refractivity contribution is 0.0934. The van der Waals surface area contributed by atoms with Gasteiger partial charge in [-0.3, -0.25) is 9.69 Å². The van der Waals surface area contributed by atoms with Crippen molar-refractivity contribution in [2.24, 2.45) is 0 Å². The fraction of sp³-hybridized carbons (Fsp3) is 0.389. The number of hydrogen-bond donors (Lipinski definition) is 2. The van der Waals surface area contributed by atoms with Crippen molar-refractivity contribution in [2.75, 3.05) is 11.9 Å². The van der Waals surface area contributed by atoms with Crippen molar-refractivity contribution in [2.45, 2.75) is 39.0 Å². The second-order valence-corrected chi connectivity index (χ2v) is 8.65. The van der Waals surface area contributed by atoms with Crippen LogP contribution in [0.5, 0.6) is 0 Å². The van der Waals surface area contributed by atoms with Gasteiger partial charge in [-0.05, 0) is 43.5 Å². The monoisotopic (exact) mass is 405 g/mol. The first-order valence-corrected chi connectivity index (χ1v) is 9.85. The zero-order chi connectivity index (χ0) is 16.8. The fourth-order valence-electron chi connectivity index (χ4n) is 3.40. The van der Waals surface area contributed by atoms with Crippen LogP contribution in [0.25, 0.3) is 0 Å². The summed E-state index contributed by atoms with van der Waals surface area (Å²) in [5.74, 6) is 0.0483. The first kappa shape index (κ1) is 16.1. The maximum Gasteiger partial charge on any atom is 0.256 e. The van der Waals surface area contributed by atoms with Gasteiger partial charge in [-0.1, -0.05) is 28.1 Å². The van der Waals surface area contributed by atoms with Crippen LogP contribution in [0.15, 0.2) is 28.7 Å². The third-order valence-electron chi connectivity index (χ3n) is 4.80. The lowest BCUT2D eigenvalue weighted by Gasteiger charge is -2.31. The Bertz CT molecular complexity index is 784. The van der Waals surface area contributed by atoms with Crippen LogP contribution in [0, 0.1) is 0 Å². The first-order chi connectivity index (χ1) is 11.5. The molecule has 0 fully saturated rings. The van der Waals surface area contributed by atoms with Gasteiger partial charge in [0.05, 0.1) is 5.56 Å². The highest BCUT2D eigenvalue weighted by molar-refractivity contribution is 9.10. The van der Waals surface area contributed by atoms with Gasteiger partial charge < -0.3 is 10.6 Å². The molecule has 6 heteroatoms. The summed E-state index contributed by atoms with van der Waals surface area (Å²) < 4.78 is 1.04. The Morgan fingerprint density at radius 3 is 2.71 bits per heavy atom. The maximum atomic E-state index is 12.7. The molecule has 24 heavy (non-hydrogen) atoms. The maximum absolute atomic E-state index is 12.7. The van der Waals surface area contributed by atoms with Crippen LogP contribution in [-0.4, -0.2) is 23.4 Å². The van der Waals surface area contributed by atoms with Gasteiger partial charge in [0.2, 0.25) is 0 Å². The van der Waals surface area contributed by atoms with Crippen molar-refractivity contribution in [1.29, 1.82) is 0 Å². The first-order valence-electron chi connectivity index (χ1n) is 8.24. The van der Waals surface area contributed by atoms with E-state index in [1.807, 2.05) is 24.3 Å². The summed E-state index contributed by atoms with van der Waals surface area (Å²) in [5, 5.41) is 7.64. The molecule has 0 saturated heterocycles. The molecule has 1 aromatic heterocycles. The molecule has 2 aliphatic heterocycles. The van der Waals surface area contributed by atoms with Crippen LogP contribution in [0.4, 0.5) is 5.00 Å². The van der Waals surface area contributed by atoms with Gasteiger partial charge in [-0.2, -0.15) is 0 Å². The quantitative estimate of drug-likeness (QED) is 0.788.